The van der Waals surface area contributed by atoms with Gasteiger partial charge in [0.1, 0.15) is 0 Å². The van der Waals surface area contributed by atoms with Gasteiger partial charge in [0.15, 0.2) is 0 Å². The fraction of sp³-hybridized carbons (Fsp3) is 1.00. The third kappa shape index (κ3) is 7.34. The predicted molar refractivity (Wildman–Crippen MR) is 60.6 cm³/mol. The average molecular weight is 202 g/mol. The highest BCUT2D eigenvalue weighted by atomic mass is 16.5. The average Bonchev–Trinajstić information content (AvgIpc) is 2.21. The highest BCUT2D eigenvalue weighted by Crippen LogP contribution is 2.12. The molecule has 0 aliphatic rings. The molecule has 0 aliphatic carbocycles. The summed E-state index contributed by atoms with van der Waals surface area (Å²) in [5.74, 6) is 0.741. The molecule has 0 aromatic carbocycles. The molecule has 2 atom stereocenters. The smallest absolute Gasteiger partial charge is 0.0569 e. The van der Waals surface area contributed by atoms with Gasteiger partial charge >= 0.3 is 0 Å². The molecule has 2 nitrogen and oxygen atoms in total. The zero-order chi connectivity index (χ0) is 10.8. The third-order valence-corrected chi connectivity index (χ3v) is 2.62. The first kappa shape index (κ1) is 13.9. The topological polar surface area (TPSA) is 18.5 Å². The van der Waals surface area contributed by atoms with Crippen molar-refractivity contribution in [2.75, 3.05) is 20.3 Å². The van der Waals surface area contributed by atoms with Gasteiger partial charge in [-0.1, -0.05) is 26.7 Å². The van der Waals surface area contributed by atoms with Gasteiger partial charge in [0.25, 0.3) is 0 Å². The summed E-state index contributed by atoms with van der Waals surface area (Å²) in [6.07, 6.45) is 5.10. The molecular weight excluding hydrogens is 176 g/mol. The molecule has 0 amide bonds. The molecule has 0 spiro atoms. The number of rotatable bonds is 9. The fourth-order valence-corrected chi connectivity index (χ4v) is 1.48. The molecule has 0 aliphatic heterocycles. The summed E-state index contributed by atoms with van der Waals surface area (Å²) in [5, 5.41) is 0. The van der Waals surface area contributed by atoms with Gasteiger partial charge in [-0.15, -0.1) is 0 Å². The van der Waals surface area contributed by atoms with Crippen LogP contribution in [0.3, 0.4) is 0 Å². The molecular formula is C12H26O2. The summed E-state index contributed by atoms with van der Waals surface area (Å²) in [6, 6.07) is 0. The largest absolute Gasteiger partial charge is 0.385 e. The lowest BCUT2D eigenvalue weighted by Crippen LogP contribution is -2.17. The van der Waals surface area contributed by atoms with Gasteiger partial charge in [-0.2, -0.15) is 0 Å². The lowest BCUT2D eigenvalue weighted by atomic mass is 10.0. The molecule has 0 radical (unpaired) electrons. The first-order chi connectivity index (χ1) is 6.74. The Bertz CT molecular complexity index is 115. The SMILES string of the molecule is CCCC(CC)COC(C)CCOC. The number of methoxy groups -OCH3 is 1. The minimum atomic E-state index is 0.334. The molecule has 0 aromatic heterocycles. The highest BCUT2D eigenvalue weighted by molar-refractivity contribution is 4.57. The maximum Gasteiger partial charge on any atom is 0.0569 e. The third-order valence-electron chi connectivity index (χ3n) is 2.62. The standard InChI is InChI=1S/C12H26O2/c1-5-7-12(6-2)10-14-11(3)8-9-13-4/h11-12H,5-10H2,1-4H3. The van der Waals surface area contributed by atoms with Crippen LogP contribution in [0.2, 0.25) is 0 Å². The molecule has 0 saturated heterocycles. The maximum atomic E-state index is 5.77. The number of ether oxygens (including phenoxy) is 2. The summed E-state index contributed by atoms with van der Waals surface area (Å²) in [6.45, 7) is 8.30. The lowest BCUT2D eigenvalue weighted by molar-refractivity contribution is 0.0182. The fourth-order valence-electron chi connectivity index (χ4n) is 1.48. The van der Waals surface area contributed by atoms with E-state index in [4.69, 9.17) is 9.47 Å². The van der Waals surface area contributed by atoms with Crippen molar-refractivity contribution in [3.8, 4) is 0 Å². The van der Waals surface area contributed by atoms with Gasteiger partial charge in [0.2, 0.25) is 0 Å². The number of hydrogen-bond donors (Lipinski definition) is 0. The van der Waals surface area contributed by atoms with Crippen molar-refractivity contribution in [2.45, 2.75) is 52.6 Å². The second-order valence-electron chi connectivity index (χ2n) is 3.99. The molecule has 0 fully saturated rings. The van der Waals surface area contributed by atoms with Crippen LogP contribution < -0.4 is 0 Å². The second-order valence-corrected chi connectivity index (χ2v) is 3.99. The summed E-state index contributed by atoms with van der Waals surface area (Å²) in [7, 11) is 1.73. The molecule has 0 aromatic rings. The molecule has 0 heterocycles. The monoisotopic (exact) mass is 202 g/mol. The van der Waals surface area contributed by atoms with Gasteiger partial charge in [-0.25, -0.2) is 0 Å². The summed E-state index contributed by atoms with van der Waals surface area (Å²) >= 11 is 0. The molecule has 2 unspecified atom stereocenters. The van der Waals surface area contributed by atoms with Crippen LogP contribution in [-0.4, -0.2) is 26.4 Å². The molecule has 0 bridgehead atoms. The van der Waals surface area contributed by atoms with Crippen LogP contribution in [0.1, 0.15) is 46.5 Å². The van der Waals surface area contributed by atoms with E-state index in [2.05, 4.69) is 20.8 Å². The van der Waals surface area contributed by atoms with Crippen molar-refractivity contribution in [3.63, 3.8) is 0 Å². The Hall–Kier alpha value is -0.0800. The van der Waals surface area contributed by atoms with E-state index >= 15 is 0 Å². The van der Waals surface area contributed by atoms with Gasteiger partial charge in [-0.3, -0.25) is 0 Å². The quantitative estimate of drug-likeness (QED) is 0.571. The highest BCUT2D eigenvalue weighted by Gasteiger charge is 2.08. The van der Waals surface area contributed by atoms with Gasteiger partial charge < -0.3 is 9.47 Å². The zero-order valence-electron chi connectivity index (χ0n) is 10.2. The maximum absolute atomic E-state index is 5.77. The Labute approximate surface area is 89.0 Å². The van der Waals surface area contributed by atoms with Crippen LogP contribution in [0.25, 0.3) is 0 Å². The van der Waals surface area contributed by atoms with Crippen LogP contribution >= 0.6 is 0 Å². The van der Waals surface area contributed by atoms with Crippen molar-refractivity contribution in [2.24, 2.45) is 5.92 Å². The minimum Gasteiger partial charge on any atom is -0.385 e. The molecule has 0 N–H and O–H groups in total. The van der Waals surface area contributed by atoms with Crippen LogP contribution in [0.5, 0.6) is 0 Å². The Morgan fingerprint density at radius 2 is 1.86 bits per heavy atom. The lowest BCUT2D eigenvalue weighted by Gasteiger charge is -2.18. The zero-order valence-corrected chi connectivity index (χ0v) is 10.2. The van der Waals surface area contributed by atoms with Gasteiger partial charge in [-0.05, 0) is 25.7 Å². The summed E-state index contributed by atoms with van der Waals surface area (Å²) in [4.78, 5) is 0. The van der Waals surface area contributed by atoms with E-state index < -0.39 is 0 Å². The van der Waals surface area contributed by atoms with Crippen LogP contribution in [-0.2, 0) is 9.47 Å². The van der Waals surface area contributed by atoms with Crippen molar-refractivity contribution >= 4 is 0 Å². The van der Waals surface area contributed by atoms with E-state index in [1.165, 1.54) is 19.3 Å². The van der Waals surface area contributed by atoms with Crippen molar-refractivity contribution in [3.05, 3.63) is 0 Å². The Balaban J connectivity index is 3.46. The summed E-state index contributed by atoms with van der Waals surface area (Å²) in [5.41, 5.74) is 0. The van der Waals surface area contributed by atoms with Gasteiger partial charge in [0.05, 0.1) is 6.10 Å². The van der Waals surface area contributed by atoms with E-state index in [1.807, 2.05) is 0 Å². The predicted octanol–water partition coefficient (Wildman–Crippen LogP) is 3.25. The van der Waals surface area contributed by atoms with E-state index in [9.17, 15) is 0 Å². The minimum absolute atomic E-state index is 0.334. The molecule has 0 rings (SSSR count). The Kier molecular flexibility index (Phi) is 9.42. The number of hydrogen-bond acceptors (Lipinski definition) is 2. The normalized spacial score (nSPS) is 15.4. The van der Waals surface area contributed by atoms with Crippen molar-refractivity contribution < 1.29 is 9.47 Å². The molecule has 2 heteroatoms. The van der Waals surface area contributed by atoms with Crippen LogP contribution in [0.15, 0.2) is 0 Å². The van der Waals surface area contributed by atoms with Crippen LogP contribution in [0.4, 0.5) is 0 Å². The van der Waals surface area contributed by atoms with E-state index in [0.717, 1.165) is 25.6 Å². The first-order valence-corrected chi connectivity index (χ1v) is 5.85. The van der Waals surface area contributed by atoms with Crippen molar-refractivity contribution in [1.82, 2.24) is 0 Å². The van der Waals surface area contributed by atoms with Gasteiger partial charge in [0, 0.05) is 20.3 Å². The molecule has 0 saturated carbocycles. The summed E-state index contributed by atoms with van der Waals surface area (Å²) < 4.78 is 10.8. The van der Waals surface area contributed by atoms with E-state index in [1.54, 1.807) is 7.11 Å². The van der Waals surface area contributed by atoms with Crippen LogP contribution in [0, 0.1) is 5.92 Å². The molecule has 86 valence electrons. The van der Waals surface area contributed by atoms with Crippen molar-refractivity contribution in [1.29, 1.82) is 0 Å². The Morgan fingerprint density at radius 1 is 1.14 bits per heavy atom. The van der Waals surface area contributed by atoms with E-state index in [0.29, 0.717) is 6.10 Å². The second kappa shape index (κ2) is 9.47. The molecule has 14 heavy (non-hydrogen) atoms. The van der Waals surface area contributed by atoms with E-state index in [-0.39, 0.29) is 0 Å². The first-order valence-electron chi connectivity index (χ1n) is 5.85. The Morgan fingerprint density at radius 3 is 2.36 bits per heavy atom.